The molecular weight excluding hydrogens is 455 g/mol. The van der Waals surface area contributed by atoms with E-state index in [2.05, 4.69) is 56.7 Å². The predicted octanol–water partition coefficient (Wildman–Crippen LogP) is 2.75. The number of aryl methyl sites for hydroxylation is 1. The van der Waals surface area contributed by atoms with Crippen molar-refractivity contribution in [2.75, 3.05) is 32.8 Å². The van der Waals surface area contributed by atoms with Crippen LogP contribution in [0.5, 0.6) is 0 Å². The molecule has 0 amide bonds. The molecule has 1 aromatic carbocycles. The highest BCUT2D eigenvalue weighted by molar-refractivity contribution is 14.0. The summed E-state index contributed by atoms with van der Waals surface area (Å²) in [5.41, 5.74) is 0.541. The van der Waals surface area contributed by atoms with E-state index in [1.165, 1.54) is 10.9 Å². The highest BCUT2D eigenvalue weighted by Gasteiger charge is 2.29. The van der Waals surface area contributed by atoms with Gasteiger partial charge in [-0.2, -0.15) is 0 Å². The summed E-state index contributed by atoms with van der Waals surface area (Å²) in [6.45, 7) is 6.28. The fourth-order valence-electron chi connectivity index (χ4n) is 3.27. The number of aliphatic imine (C=N–C) groups is 1. The molecule has 0 unspecified atom stereocenters. The first kappa shape index (κ1) is 22.0. The molecule has 1 saturated heterocycles. The van der Waals surface area contributed by atoms with Crippen molar-refractivity contribution in [2.45, 2.75) is 38.3 Å². The maximum absolute atomic E-state index is 10.5. The van der Waals surface area contributed by atoms with Crippen molar-refractivity contribution in [3.63, 3.8) is 0 Å². The van der Waals surface area contributed by atoms with E-state index in [0.29, 0.717) is 32.6 Å². The third kappa shape index (κ3) is 6.36. The van der Waals surface area contributed by atoms with Crippen molar-refractivity contribution in [2.24, 2.45) is 4.99 Å². The van der Waals surface area contributed by atoms with Crippen molar-refractivity contribution < 1.29 is 9.84 Å². The van der Waals surface area contributed by atoms with Crippen molar-refractivity contribution in [1.29, 1.82) is 0 Å². The smallest absolute Gasteiger partial charge is 0.191 e. The average Bonchev–Trinajstić information content (AvgIpc) is 3.07. The zero-order valence-corrected chi connectivity index (χ0v) is 18.3. The second-order valence-corrected chi connectivity index (χ2v) is 6.88. The van der Waals surface area contributed by atoms with Gasteiger partial charge in [-0.25, -0.2) is 0 Å². The molecule has 7 heteroatoms. The summed E-state index contributed by atoms with van der Waals surface area (Å²) in [5, 5.41) is 18.4. The zero-order chi connectivity index (χ0) is 18.2. The molecule has 27 heavy (non-hydrogen) atoms. The Balaban J connectivity index is 0.00000261. The number of aliphatic hydroxyl groups is 1. The number of guanidine groups is 1. The van der Waals surface area contributed by atoms with Gasteiger partial charge in [-0.15, -0.1) is 24.0 Å². The van der Waals surface area contributed by atoms with Gasteiger partial charge in [0.1, 0.15) is 0 Å². The molecule has 0 spiro atoms. The van der Waals surface area contributed by atoms with Gasteiger partial charge in [-0.05, 0) is 30.9 Å². The number of ether oxygens (including phenoxy) is 1. The van der Waals surface area contributed by atoms with E-state index in [-0.39, 0.29) is 24.0 Å². The van der Waals surface area contributed by atoms with Crippen molar-refractivity contribution in [3.8, 4) is 0 Å². The average molecular weight is 486 g/mol. The van der Waals surface area contributed by atoms with Gasteiger partial charge in [0.25, 0.3) is 0 Å². The van der Waals surface area contributed by atoms with E-state index < -0.39 is 5.60 Å². The summed E-state index contributed by atoms with van der Waals surface area (Å²) < 4.78 is 7.61. The first-order valence-corrected chi connectivity index (χ1v) is 9.56. The van der Waals surface area contributed by atoms with Gasteiger partial charge in [0, 0.05) is 57.4 Å². The lowest BCUT2D eigenvalue weighted by atomic mass is 9.95. The van der Waals surface area contributed by atoms with Crippen LogP contribution in [0.2, 0.25) is 0 Å². The molecule has 3 rings (SSSR count). The zero-order valence-electron chi connectivity index (χ0n) is 16.0. The van der Waals surface area contributed by atoms with Crippen LogP contribution in [0, 0.1) is 0 Å². The number of halogens is 1. The molecule has 6 nitrogen and oxygen atoms in total. The molecule has 2 heterocycles. The molecule has 0 saturated carbocycles. The van der Waals surface area contributed by atoms with E-state index in [0.717, 1.165) is 32.0 Å². The Morgan fingerprint density at radius 3 is 2.78 bits per heavy atom. The van der Waals surface area contributed by atoms with Crippen LogP contribution in [0.15, 0.2) is 41.5 Å². The molecule has 0 atom stereocenters. The van der Waals surface area contributed by atoms with Crippen molar-refractivity contribution >= 4 is 40.8 Å². The van der Waals surface area contributed by atoms with Crippen LogP contribution < -0.4 is 10.6 Å². The van der Waals surface area contributed by atoms with E-state index in [1.807, 2.05) is 6.92 Å². The summed E-state index contributed by atoms with van der Waals surface area (Å²) in [6.07, 6.45) is 4.44. The minimum absolute atomic E-state index is 0. The number of hydrogen-bond acceptors (Lipinski definition) is 3. The second-order valence-electron chi connectivity index (χ2n) is 6.88. The Bertz CT molecular complexity index is 726. The summed E-state index contributed by atoms with van der Waals surface area (Å²) in [7, 11) is 0. The monoisotopic (exact) mass is 486 g/mol. The third-order valence-electron chi connectivity index (χ3n) is 4.85. The quantitative estimate of drug-likeness (QED) is 0.244. The number of para-hydroxylation sites is 1. The second kappa shape index (κ2) is 10.9. The lowest BCUT2D eigenvalue weighted by Gasteiger charge is -2.30. The summed E-state index contributed by atoms with van der Waals surface area (Å²) >= 11 is 0. The molecule has 150 valence electrons. The topological polar surface area (TPSA) is 70.8 Å². The third-order valence-corrected chi connectivity index (χ3v) is 4.85. The van der Waals surface area contributed by atoms with Gasteiger partial charge < -0.3 is 25.0 Å². The number of rotatable bonds is 7. The normalized spacial score (nSPS) is 16.7. The minimum atomic E-state index is -0.731. The van der Waals surface area contributed by atoms with Crippen LogP contribution in [0.25, 0.3) is 10.9 Å². The Morgan fingerprint density at radius 1 is 1.22 bits per heavy atom. The molecule has 0 bridgehead atoms. The molecule has 0 aliphatic carbocycles. The van der Waals surface area contributed by atoms with Crippen molar-refractivity contribution in [1.82, 2.24) is 15.2 Å². The standard InChI is InChI=1S/C20H30N4O2.HI/c1-2-21-19(23-16-20(25)9-14-26-15-10-20)22-11-5-12-24-13-8-17-6-3-4-7-18(17)24;/h3-4,6-8,13,25H,2,5,9-12,14-16H2,1H3,(H2,21,22,23);1H. The maximum atomic E-state index is 10.5. The lowest BCUT2D eigenvalue weighted by molar-refractivity contribution is -0.0565. The Labute approximate surface area is 178 Å². The summed E-state index contributed by atoms with van der Waals surface area (Å²) in [4.78, 5) is 4.58. The number of benzene rings is 1. The van der Waals surface area contributed by atoms with Gasteiger partial charge >= 0.3 is 0 Å². The molecule has 1 aliphatic rings. The van der Waals surface area contributed by atoms with Crippen LogP contribution in [-0.4, -0.2) is 54.1 Å². The number of fused-ring (bicyclic) bond motifs is 1. The molecule has 1 aliphatic heterocycles. The van der Waals surface area contributed by atoms with Gasteiger partial charge in [-0.3, -0.25) is 4.99 Å². The van der Waals surface area contributed by atoms with Crippen LogP contribution >= 0.6 is 24.0 Å². The Hall–Kier alpha value is -1.32. The van der Waals surface area contributed by atoms with E-state index in [1.54, 1.807) is 0 Å². The Kier molecular flexibility index (Phi) is 8.85. The van der Waals surface area contributed by atoms with Crippen LogP contribution in [-0.2, 0) is 11.3 Å². The maximum Gasteiger partial charge on any atom is 0.191 e. The van der Waals surface area contributed by atoms with Crippen LogP contribution in [0.4, 0.5) is 0 Å². The minimum Gasteiger partial charge on any atom is -0.388 e. The fourth-order valence-corrected chi connectivity index (χ4v) is 3.27. The molecule has 1 fully saturated rings. The highest BCUT2D eigenvalue weighted by Crippen LogP contribution is 2.20. The van der Waals surface area contributed by atoms with Gasteiger partial charge in [-0.1, -0.05) is 18.2 Å². The highest BCUT2D eigenvalue weighted by atomic mass is 127. The van der Waals surface area contributed by atoms with E-state index in [4.69, 9.17) is 4.74 Å². The summed E-state index contributed by atoms with van der Waals surface area (Å²) in [6, 6.07) is 10.6. The van der Waals surface area contributed by atoms with Crippen LogP contribution in [0.3, 0.4) is 0 Å². The SMILES string of the molecule is CCNC(=NCC1(O)CCOCC1)NCCCn1ccc2ccccc21.I. The summed E-state index contributed by atoms with van der Waals surface area (Å²) in [5.74, 6) is 0.768. The number of hydrogen-bond donors (Lipinski definition) is 3. The fraction of sp³-hybridized carbons (Fsp3) is 0.550. The first-order valence-electron chi connectivity index (χ1n) is 9.56. The number of nitrogens with zero attached hydrogens (tertiary/aromatic N) is 2. The van der Waals surface area contributed by atoms with Crippen molar-refractivity contribution in [3.05, 3.63) is 36.5 Å². The van der Waals surface area contributed by atoms with Gasteiger partial charge in [0.05, 0.1) is 12.1 Å². The van der Waals surface area contributed by atoms with E-state index >= 15 is 0 Å². The van der Waals surface area contributed by atoms with Gasteiger partial charge in [0.2, 0.25) is 0 Å². The lowest BCUT2D eigenvalue weighted by Crippen LogP contribution is -2.42. The molecule has 3 N–H and O–H groups in total. The molecule has 2 aromatic rings. The molecule has 0 radical (unpaired) electrons. The first-order chi connectivity index (χ1) is 12.7. The molecule has 1 aromatic heterocycles. The predicted molar refractivity (Wildman–Crippen MR) is 121 cm³/mol. The number of aromatic nitrogens is 1. The number of nitrogens with one attached hydrogen (secondary N) is 2. The Morgan fingerprint density at radius 2 is 2.00 bits per heavy atom. The van der Waals surface area contributed by atoms with Crippen LogP contribution in [0.1, 0.15) is 26.2 Å². The molecular formula is C20H31IN4O2. The van der Waals surface area contributed by atoms with Gasteiger partial charge in [0.15, 0.2) is 5.96 Å². The largest absolute Gasteiger partial charge is 0.388 e. The van der Waals surface area contributed by atoms with E-state index in [9.17, 15) is 5.11 Å².